The molecule has 0 aliphatic carbocycles. The second kappa shape index (κ2) is 7.32. The first-order valence-electron chi connectivity index (χ1n) is 6.96. The van der Waals surface area contributed by atoms with E-state index in [-0.39, 0.29) is 17.7 Å². The highest BCUT2D eigenvalue weighted by Crippen LogP contribution is 2.13. The maximum atomic E-state index is 12.9. The van der Waals surface area contributed by atoms with Crippen molar-refractivity contribution in [3.05, 3.63) is 75.6 Å². The van der Waals surface area contributed by atoms with Crippen molar-refractivity contribution in [2.75, 3.05) is 0 Å². The summed E-state index contributed by atoms with van der Waals surface area (Å²) in [5, 5.41) is 13.2. The molecule has 124 valence electrons. The van der Waals surface area contributed by atoms with Crippen LogP contribution in [0.3, 0.4) is 0 Å². The Morgan fingerprint density at radius 2 is 1.88 bits per heavy atom. The molecule has 0 saturated heterocycles. The summed E-state index contributed by atoms with van der Waals surface area (Å²) in [6.07, 6.45) is 0.0796. The number of non-ortho nitro benzene ring substituents is 1. The van der Waals surface area contributed by atoms with Crippen LogP contribution in [-0.4, -0.2) is 22.8 Å². The summed E-state index contributed by atoms with van der Waals surface area (Å²) in [4.78, 5) is 33.8. The van der Waals surface area contributed by atoms with Gasteiger partial charge in [0.1, 0.15) is 11.9 Å². The van der Waals surface area contributed by atoms with Crippen LogP contribution in [0.4, 0.5) is 10.1 Å². The fourth-order valence-electron chi connectivity index (χ4n) is 2.08. The fraction of sp³-hybridized carbons (Fsp3) is 0.125. The molecule has 0 unspecified atom stereocenters. The molecule has 0 aromatic heterocycles. The zero-order valence-electron chi connectivity index (χ0n) is 12.4. The maximum Gasteiger partial charge on any atom is 0.270 e. The Hall–Kier alpha value is -3.29. The van der Waals surface area contributed by atoms with Crippen molar-refractivity contribution in [2.24, 2.45) is 5.73 Å². The first-order valence-corrected chi connectivity index (χ1v) is 6.96. The van der Waals surface area contributed by atoms with Crippen LogP contribution >= 0.6 is 0 Å². The third kappa shape index (κ3) is 4.35. The number of rotatable bonds is 6. The lowest BCUT2D eigenvalue weighted by Gasteiger charge is -2.15. The molecule has 8 heteroatoms. The van der Waals surface area contributed by atoms with E-state index in [9.17, 15) is 24.1 Å². The number of amides is 2. The lowest BCUT2D eigenvalue weighted by Crippen LogP contribution is -2.45. The van der Waals surface area contributed by atoms with E-state index in [0.29, 0.717) is 5.56 Å². The molecular weight excluding hydrogens is 317 g/mol. The van der Waals surface area contributed by atoms with Crippen molar-refractivity contribution >= 4 is 17.5 Å². The number of hydrogen-bond acceptors (Lipinski definition) is 4. The molecule has 0 saturated carbocycles. The number of nitro benzene ring substituents is 1. The summed E-state index contributed by atoms with van der Waals surface area (Å²) in [7, 11) is 0. The van der Waals surface area contributed by atoms with E-state index in [1.54, 1.807) is 0 Å². The SMILES string of the molecule is NC(=O)[C@H](Cc1ccc(F)cc1)NC(=O)c1cccc([N+](=O)[O-])c1. The second-order valence-corrected chi connectivity index (χ2v) is 5.07. The van der Waals surface area contributed by atoms with Gasteiger partial charge in [-0.15, -0.1) is 0 Å². The zero-order valence-corrected chi connectivity index (χ0v) is 12.4. The fourth-order valence-corrected chi connectivity index (χ4v) is 2.08. The van der Waals surface area contributed by atoms with E-state index in [2.05, 4.69) is 5.32 Å². The summed E-state index contributed by atoms with van der Waals surface area (Å²) in [5.74, 6) is -1.85. The number of nitrogens with zero attached hydrogens (tertiary/aromatic N) is 1. The number of nitrogens with two attached hydrogens (primary N) is 1. The van der Waals surface area contributed by atoms with Crippen molar-refractivity contribution in [1.29, 1.82) is 0 Å². The normalized spacial score (nSPS) is 11.5. The molecule has 2 rings (SSSR count). The Morgan fingerprint density at radius 3 is 2.46 bits per heavy atom. The van der Waals surface area contributed by atoms with Gasteiger partial charge in [-0.25, -0.2) is 4.39 Å². The average molecular weight is 331 g/mol. The molecule has 0 bridgehead atoms. The molecule has 1 atom stereocenters. The van der Waals surface area contributed by atoms with E-state index in [1.807, 2.05) is 0 Å². The van der Waals surface area contributed by atoms with E-state index >= 15 is 0 Å². The van der Waals surface area contributed by atoms with Gasteiger partial charge in [-0.1, -0.05) is 18.2 Å². The van der Waals surface area contributed by atoms with Gasteiger partial charge < -0.3 is 11.1 Å². The largest absolute Gasteiger partial charge is 0.368 e. The van der Waals surface area contributed by atoms with Crippen molar-refractivity contribution < 1.29 is 18.9 Å². The van der Waals surface area contributed by atoms with Gasteiger partial charge in [-0.05, 0) is 23.8 Å². The molecule has 0 spiro atoms. The Balaban J connectivity index is 2.13. The lowest BCUT2D eigenvalue weighted by molar-refractivity contribution is -0.384. The topological polar surface area (TPSA) is 115 Å². The Bertz CT molecular complexity index is 777. The van der Waals surface area contributed by atoms with Gasteiger partial charge in [0, 0.05) is 24.1 Å². The molecule has 0 aliphatic heterocycles. The molecule has 0 radical (unpaired) electrons. The van der Waals surface area contributed by atoms with Crippen molar-refractivity contribution in [3.63, 3.8) is 0 Å². The van der Waals surface area contributed by atoms with E-state index in [0.717, 1.165) is 6.07 Å². The lowest BCUT2D eigenvalue weighted by atomic mass is 10.0. The first-order chi connectivity index (χ1) is 11.4. The van der Waals surface area contributed by atoms with Crippen LogP contribution in [-0.2, 0) is 11.2 Å². The number of primary amides is 1. The maximum absolute atomic E-state index is 12.9. The summed E-state index contributed by atoms with van der Waals surface area (Å²) >= 11 is 0. The highest BCUT2D eigenvalue weighted by Gasteiger charge is 2.20. The van der Waals surface area contributed by atoms with Crippen LogP contribution in [0.2, 0.25) is 0 Å². The van der Waals surface area contributed by atoms with E-state index < -0.39 is 28.6 Å². The number of carbonyl (C=O) groups is 2. The van der Waals surface area contributed by atoms with Gasteiger partial charge in [0.05, 0.1) is 4.92 Å². The molecular formula is C16H14FN3O4. The minimum absolute atomic E-state index is 0.0366. The van der Waals surface area contributed by atoms with Crippen molar-refractivity contribution in [2.45, 2.75) is 12.5 Å². The van der Waals surface area contributed by atoms with Gasteiger partial charge >= 0.3 is 0 Å². The standard InChI is InChI=1S/C16H14FN3O4/c17-12-6-4-10(5-7-12)8-14(15(18)21)19-16(22)11-2-1-3-13(9-11)20(23)24/h1-7,9,14H,8H2,(H2,18,21)(H,19,22)/t14-/m0/s1. The van der Waals surface area contributed by atoms with Gasteiger partial charge in [0.2, 0.25) is 5.91 Å². The van der Waals surface area contributed by atoms with Crippen LogP contribution in [0.15, 0.2) is 48.5 Å². The quantitative estimate of drug-likeness (QED) is 0.617. The monoisotopic (exact) mass is 331 g/mol. The molecule has 0 heterocycles. The van der Waals surface area contributed by atoms with Crippen LogP contribution in [0, 0.1) is 15.9 Å². The molecule has 2 aromatic rings. The van der Waals surface area contributed by atoms with Crippen LogP contribution in [0.5, 0.6) is 0 Å². The van der Waals surface area contributed by atoms with Crippen LogP contribution in [0.1, 0.15) is 15.9 Å². The minimum Gasteiger partial charge on any atom is -0.368 e. The van der Waals surface area contributed by atoms with Gasteiger partial charge in [0.25, 0.3) is 11.6 Å². The highest BCUT2D eigenvalue weighted by molar-refractivity contribution is 5.97. The molecule has 3 N–H and O–H groups in total. The molecule has 0 aliphatic rings. The minimum atomic E-state index is -1.03. The number of benzene rings is 2. The molecule has 2 aromatic carbocycles. The molecule has 24 heavy (non-hydrogen) atoms. The summed E-state index contributed by atoms with van der Waals surface area (Å²) < 4.78 is 12.9. The smallest absolute Gasteiger partial charge is 0.270 e. The molecule has 7 nitrogen and oxygen atoms in total. The number of carbonyl (C=O) groups excluding carboxylic acids is 2. The number of hydrogen-bond donors (Lipinski definition) is 2. The Labute approximate surface area is 136 Å². The highest BCUT2D eigenvalue weighted by atomic mass is 19.1. The van der Waals surface area contributed by atoms with Gasteiger partial charge in [-0.2, -0.15) is 0 Å². The third-order valence-corrected chi connectivity index (χ3v) is 3.32. The van der Waals surface area contributed by atoms with Gasteiger partial charge in [-0.3, -0.25) is 19.7 Å². The van der Waals surface area contributed by atoms with Crippen LogP contribution in [0.25, 0.3) is 0 Å². The van der Waals surface area contributed by atoms with Crippen LogP contribution < -0.4 is 11.1 Å². The van der Waals surface area contributed by atoms with Gasteiger partial charge in [0.15, 0.2) is 0 Å². The predicted octanol–water partition coefficient (Wildman–Crippen LogP) is 1.56. The average Bonchev–Trinajstić information content (AvgIpc) is 2.56. The Kier molecular flexibility index (Phi) is 5.20. The molecule has 0 fully saturated rings. The summed E-state index contributed by atoms with van der Waals surface area (Å²) in [6, 6.07) is 9.50. The molecule has 2 amide bonds. The third-order valence-electron chi connectivity index (χ3n) is 3.32. The predicted molar refractivity (Wildman–Crippen MR) is 83.6 cm³/mol. The number of nitrogens with one attached hydrogen (secondary N) is 1. The summed E-state index contributed by atoms with van der Waals surface area (Å²) in [5.41, 5.74) is 5.69. The number of halogens is 1. The van der Waals surface area contributed by atoms with Crippen molar-refractivity contribution in [1.82, 2.24) is 5.32 Å². The van der Waals surface area contributed by atoms with E-state index in [4.69, 9.17) is 5.73 Å². The first kappa shape index (κ1) is 17.1. The Morgan fingerprint density at radius 1 is 1.21 bits per heavy atom. The van der Waals surface area contributed by atoms with E-state index in [1.165, 1.54) is 42.5 Å². The number of nitro groups is 1. The second-order valence-electron chi connectivity index (χ2n) is 5.07. The summed E-state index contributed by atoms with van der Waals surface area (Å²) in [6.45, 7) is 0. The zero-order chi connectivity index (χ0) is 17.7. The van der Waals surface area contributed by atoms with Crippen molar-refractivity contribution in [3.8, 4) is 0 Å².